The molecule has 0 radical (unpaired) electrons. The van der Waals surface area contributed by atoms with Crippen molar-refractivity contribution in [1.82, 2.24) is 9.97 Å². The number of H-pyrrole nitrogens is 1. The summed E-state index contributed by atoms with van der Waals surface area (Å²) in [6, 6.07) is 3.70. The summed E-state index contributed by atoms with van der Waals surface area (Å²) < 4.78 is 39.3. The molecule has 0 aliphatic carbocycles. The van der Waals surface area contributed by atoms with Gasteiger partial charge < -0.3 is 10.7 Å². The summed E-state index contributed by atoms with van der Waals surface area (Å²) in [7, 11) is -3.88. The van der Waals surface area contributed by atoms with Crippen molar-refractivity contribution in [2.45, 2.75) is 11.9 Å². The highest BCUT2D eigenvalue weighted by Crippen LogP contribution is 2.20. The highest BCUT2D eigenvalue weighted by Gasteiger charge is 2.18. The minimum atomic E-state index is -3.88. The molecule has 1 aromatic heterocycles. The van der Waals surface area contributed by atoms with Gasteiger partial charge in [-0.3, -0.25) is 4.72 Å². The summed E-state index contributed by atoms with van der Waals surface area (Å²) >= 11 is 0. The molecule has 0 unspecified atom stereocenters. The Morgan fingerprint density at radius 1 is 1.44 bits per heavy atom. The monoisotopic (exact) mass is 270 g/mol. The summed E-state index contributed by atoms with van der Waals surface area (Å²) in [5.74, 6) is -0.289. The number of nitrogens with zero attached hydrogens (tertiary/aromatic N) is 1. The van der Waals surface area contributed by atoms with Crippen LogP contribution in [0.4, 0.5) is 15.8 Å². The van der Waals surface area contributed by atoms with Gasteiger partial charge in [-0.2, -0.15) is 8.42 Å². The molecule has 18 heavy (non-hydrogen) atoms. The summed E-state index contributed by atoms with van der Waals surface area (Å²) in [4.78, 5) is 6.33. The van der Waals surface area contributed by atoms with E-state index in [1.54, 1.807) is 6.92 Å². The Kier molecular flexibility index (Phi) is 2.95. The summed E-state index contributed by atoms with van der Waals surface area (Å²) in [5.41, 5.74) is 5.42. The van der Waals surface area contributed by atoms with E-state index in [0.717, 1.165) is 12.3 Å². The number of nitrogen functional groups attached to an aromatic ring is 1. The molecule has 0 amide bonds. The lowest BCUT2D eigenvalue weighted by atomic mass is 10.3. The van der Waals surface area contributed by atoms with Gasteiger partial charge in [0.2, 0.25) is 0 Å². The molecular weight excluding hydrogens is 259 g/mol. The van der Waals surface area contributed by atoms with Gasteiger partial charge in [-0.1, -0.05) is 0 Å². The first-order valence-electron chi connectivity index (χ1n) is 4.98. The molecule has 8 heteroatoms. The van der Waals surface area contributed by atoms with E-state index in [9.17, 15) is 12.8 Å². The lowest BCUT2D eigenvalue weighted by Gasteiger charge is -2.07. The normalized spacial score (nSPS) is 11.4. The van der Waals surface area contributed by atoms with Crippen LogP contribution < -0.4 is 10.5 Å². The Morgan fingerprint density at radius 2 is 2.17 bits per heavy atom. The number of nitrogens with one attached hydrogen (secondary N) is 2. The summed E-state index contributed by atoms with van der Waals surface area (Å²) in [6.45, 7) is 1.61. The third-order valence-electron chi connectivity index (χ3n) is 2.21. The Balaban J connectivity index is 2.33. The Bertz CT molecular complexity index is 681. The maximum atomic E-state index is 13.5. The molecule has 0 atom stereocenters. The molecule has 2 aromatic rings. The minimum Gasteiger partial charge on any atom is -0.399 e. The van der Waals surface area contributed by atoms with E-state index >= 15 is 0 Å². The van der Waals surface area contributed by atoms with E-state index in [0.29, 0.717) is 5.82 Å². The molecule has 0 saturated heterocycles. The summed E-state index contributed by atoms with van der Waals surface area (Å²) in [5, 5.41) is -0.128. The third kappa shape index (κ3) is 2.43. The third-order valence-corrected chi connectivity index (χ3v) is 3.48. The van der Waals surface area contributed by atoms with Crippen LogP contribution in [0.5, 0.6) is 0 Å². The predicted octanol–water partition coefficient (Wildman–Crippen LogP) is 1.24. The van der Waals surface area contributed by atoms with Crippen LogP contribution in [0, 0.1) is 12.7 Å². The zero-order chi connectivity index (χ0) is 13.3. The van der Waals surface area contributed by atoms with Crippen molar-refractivity contribution in [2.75, 3.05) is 10.5 Å². The van der Waals surface area contributed by atoms with E-state index in [1.165, 1.54) is 12.1 Å². The lowest BCUT2D eigenvalue weighted by Crippen LogP contribution is -2.14. The van der Waals surface area contributed by atoms with Crippen molar-refractivity contribution in [3.05, 3.63) is 36.0 Å². The van der Waals surface area contributed by atoms with Crippen LogP contribution in [0.15, 0.2) is 29.4 Å². The number of aromatic nitrogens is 2. The molecule has 0 aliphatic heterocycles. The van der Waals surface area contributed by atoms with Gasteiger partial charge in [0.25, 0.3) is 10.0 Å². The second kappa shape index (κ2) is 4.30. The molecule has 96 valence electrons. The Morgan fingerprint density at radius 3 is 2.72 bits per heavy atom. The molecule has 1 heterocycles. The first-order valence-corrected chi connectivity index (χ1v) is 6.46. The number of hydrogen-bond donors (Lipinski definition) is 3. The molecular formula is C10H11FN4O2S. The molecule has 6 nitrogen and oxygen atoms in total. The fourth-order valence-electron chi connectivity index (χ4n) is 1.35. The largest absolute Gasteiger partial charge is 0.399 e. The average molecular weight is 270 g/mol. The minimum absolute atomic E-state index is 0.128. The van der Waals surface area contributed by atoms with Gasteiger partial charge in [-0.15, -0.1) is 0 Å². The molecule has 0 aliphatic rings. The fraction of sp³-hybridized carbons (Fsp3) is 0.100. The predicted molar refractivity (Wildman–Crippen MR) is 64.9 cm³/mol. The number of benzene rings is 1. The van der Waals surface area contributed by atoms with Crippen molar-refractivity contribution < 1.29 is 12.8 Å². The number of anilines is 2. The van der Waals surface area contributed by atoms with Gasteiger partial charge >= 0.3 is 0 Å². The number of hydrogen-bond acceptors (Lipinski definition) is 4. The Labute approximate surface area is 103 Å². The van der Waals surface area contributed by atoms with Gasteiger partial charge in [-0.25, -0.2) is 9.37 Å². The number of nitrogens with two attached hydrogens (primary N) is 1. The number of aryl methyl sites for hydroxylation is 1. The topological polar surface area (TPSA) is 101 Å². The van der Waals surface area contributed by atoms with Crippen LogP contribution >= 0.6 is 0 Å². The lowest BCUT2D eigenvalue weighted by molar-refractivity contribution is 0.595. The number of sulfonamides is 1. The maximum Gasteiger partial charge on any atom is 0.279 e. The highest BCUT2D eigenvalue weighted by molar-refractivity contribution is 7.92. The van der Waals surface area contributed by atoms with Crippen LogP contribution in [0.25, 0.3) is 0 Å². The standard InChI is InChI=1S/C10H11FN4O2S/c1-6-13-5-10(14-6)18(16,17)15-9-3-2-7(12)4-8(9)11/h2-5,15H,12H2,1H3,(H,13,14). The number of aromatic amines is 1. The number of halogens is 1. The second-order valence-electron chi connectivity index (χ2n) is 3.68. The van der Waals surface area contributed by atoms with Crippen molar-refractivity contribution in [3.8, 4) is 0 Å². The van der Waals surface area contributed by atoms with E-state index in [4.69, 9.17) is 5.73 Å². The first kappa shape index (κ1) is 12.4. The van der Waals surface area contributed by atoms with Crippen molar-refractivity contribution in [3.63, 3.8) is 0 Å². The Hall–Kier alpha value is -2.09. The molecule has 0 bridgehead atoms. The first-order chi connectivity index (χ1) is 8.38. The van der Waals surface area contributed by atoms with Crippen LogP contribution in [0.2, 0.25) is 0 Å². The van der Waals surface area contributed by atoms with E-state index in [1.807, 2.05) is 0 Å². The molecule has 2 rings (SSSR count). The zero-order valence-corrected chi connectivity index (χ0v) is 10.3. The number of rotatable bonds is 3. The molecule has 4 N–H and O–H groups in total. The van der Waals surface area contributed by atoms with E-state index < -0.39 is 15.8 Å². The second-order valence-corrected chi connectivity index (χ2v) is 5.33. The molecule has 1 aromatic carbocycles. The van der Waals surface area contributed by atoms with Crippen LogP contribution in [-0.2, 0) is 10.0 Å². The fourth-order valence-corrected chi connectivity index (χ4v) is 2.39. The van der Waals surface area contributed by atoms with Crippen LogP contribution in [0.3, 0.4) is 0 Å². The summed E-state index contributed by atoms with van der Waals surface area (Å²) in [6.07, 6.45) is 1.16. The van der Waals surface area contributed by atoms with Crippen LogP contribution in [0.1, 0.15) is 5.82 Å². The van der Waals surface area contributed by atoms with E-state index in [-0.39, 0.29) is 16.4 Å². The van der Waals surface area contributed by atoms with Gasteiger partial charge in [0.15, 0.2) is 5.03 Å². The smallest absolute Gasteiger partial charge is 0.279 e. The quantitative estimate of drug-likeness (QED) is 0.730. The molecule has 0 fully saturated rings. The highest BCUT2D eigenvalue weighted by atomic mass is 32.2. The SMILES string of the molecule is Cc1ncc(S(=O)(=O)Nc2ccc(N)cc2F)[nH]1. The van der Waals surface area contributed by atoms with Crippen molar-refractivity contribution in [1.29, 1.82) is 0 Å². The maximum absolute atomic E-state index is 13.5. The number of imidazole rings is 1. The van der Waals surface area contributed by atoms with Crippen molar-refractivity contribution >= 4 is 21.4 Å². The van der Waals surface area contributed by atoms with Crippen LogP contribution in [-0.4, -0.2) is 18.4 Å². The van der Waals surface area contributed by atoms with E-state index in [2.05, 4.69) is 14.7 Å². The zero-order valence-electron chi connectivity index (χ0n) is 9.44. The van der Waals surface area contributed by atoms with Gasteiger partial charge in [-0.05, 0) is 25.1 Å². The molecule has 0 spiro atoms. The average Bonchev–Trinajstić information content (AvgIpc) is 2.70. The van der Waals surface area contributed by atoms with Gasteiger partial charge in [0, 0.05) is 5.69 Å². The van der Waals surface area contributed by atoms with Crippen molar-refractivity contribution in [2.24, 2.45) is 0 Å². The van der Waals surface area contributed by atoms with Gasteiger partial charge in [0.05, 0.1) is 11.9 Å². The van der Waals surface area contributed by atoms with Gasteiger partial charge in [0.1, 0.15) is 11.6 Å². The molecule has 0 saturated carbocycles.